The number of rotatable bonds is 5. The Kier molecular flexibility index (Phi) is 4.61. The van der Waals surface area contributed by atoms with Crippen LogP contribution in [-0.2, 0) is 9.84 Å². The van der Waals surface area contributed by atoms with Crippen LogP contribution in [0.5, 0.6) is 0 Å². The predicted octanol–water partition coefficient (Wildman–Crippen LogP) is 2.46. The maximum atomic E-state index is 11.4. The summed E-state index contributed by atoms with van der Waals surface area (Å²) in [7, 11) is -3.15. The fourth-order valence-corrected chi connectivity index (χ4v) is 2.96. The van der Waals surface area contributed by atoms with Crippen LogP contribution in [0, 0.1) is 0 Å². The Bertz CT molecular complexity index is 685. The number of benzene rings is 1. The second-order valence-corrected chi connectivity index (χ2v) is 7.23. The van der Waals surface area contributed by atoms with Gasteiger partial charge in [-0.15, -0.1) is 0 Å². The van der Waals surface area contributed by atoms with E-state index < -0.39 is 9.84 Å². The maximum Gasteiger partial charge on any atom is 0.175 e. The first-order valence-electron chi connectivity index (χ1n) is 6.03. The summed E-state index contributed by atoms with van der Waals surface area (Å²) >= 11 is 1.46. The first-order valence-corrected chi connectivity index (χ1v) is 8.73. The molecule has 106 valence electrons. The van der Waals surface area contributed by atoms with Crippen molar-refractivity contribution in [1.82, 2.24) is 9.97 Å². The van der Waals surface area contributed by atoms with Gasteiger partial charge in [-0.1, -0.05) is 11.8 Å². The molecule has 0 aliphatic heterocycles. The molecule has 1 N–H and O–H groups in total. The summed E-state index contributed by atoms with van der Waals surface area (Å²) in [4.78, 5) is 9.53. The fraction of sp³-hybridized carbons (Fsp3) is 0.231. The minimum atomic E-state index is -3.15. The van der Waals surface area contributed by atoms with Gasteiger partial charge < -0.3 is 5.32 Å². The second-order valence-electron chi connectivity index (χ2n) is 4.12. The van der Waals surface area contributed by atoms with Crippen molar-refractivity contribution in [1.29, 1.82) is 0 Å². The highest BCUT2D eigenvalue weighted by Crippen LogP contribution is 2.27. The Hall–Kier alpha value is -1.60. The van der Waals surface area contributed by atoms with Crippen LogP contribution in [0.2, 0.25) is 0 Å². The molecule has 1 heterocycles. The Morgan fingerprint density at radius 3 is 2.50 bits per heavy atom. The molecule has 0 aliphatic carbocycles. The van der Waals surface area contributed by atoms with Crippen molar-refractivity contribution in [2.45, 2.75) is 21.7 Å². The molecule has 0 saturated heterocycles. The van der Waals surface area contributed by atoms with E-state index in [-0.39, 0.29) is 0 Å². The first kappa shape index (κ1) is 14.8. The molecule has 0 aliphatic rings. The number of nitrogens with zero attached hydrogens (tertiary/aromatic N) is 2. The quantitative estimate of drug-likeness (QED) is 0.855. The van der Waals surface area contributed by atoms with Crippen LogP contribution in [-0.4, -0.2) is 31.2 Å². The smallest absolute Gasteiger partial charge is 0.175 e. The zero-order chi connectivity index (χ0) is 14.6. The van der Waals surface area contributed by atoms with E-state index in [4.69, 9.17) is 0 Å². The lowest BCUT2D eigenvalue weighted by Gasteiger charge is -2.05. The summed E-state index contributed by atoms with van der Waals surface area (Å²) in [6.07, 6.45) is 2.70. The zero-order valence-corrected chi connectivity index (χ0v) is 12.8. The highest BCUT2D eigenvalue weighted by atomic mass is 32.2. The maximum absolute atomic E-state index is 11.4. The highest BCUT2D eigenvalue weighted by molar-refractivity contribution is 7.99. The van der Waals surface area contributed by atoms with Crippen molar-refractivity contribution in [3.8, 4) is 0 Å². The van der Waals surface area contributed by atoms with Gasteiger partial charge in [0, 0.05) is 23.8 Å². The Balaban J connectivity index is 2.16. The van der Waals surface area contributed by atoms with Gasteiger partial charge in [-0.05, 0) is 31.2 Å². The normalized spacial score (nSPS) is 11.3. The summed E-state index contributed by atoms with van der Waals surface area (Å²) in [6.45, 7) is 2.79. The van der Waals surface area contributed by atoms with Gasteiger partial charge in [-0.2, -0.15) is 0 Å². The lowest BCUT2D eigenvalue weighted by atomic mass is 10.4. The molecule has 20 heavy (non-hydrogen) atoms. The number of hydrogen-bond acceptors (Lipinski definition) is 6. The Morgan fingerprint density at radius 2 is 1.90 bits per heavy atom. The zero-order valence-electron chi connectivity index (χ0n) is 11.2. The van der Waals surface area contributed by atoms with Crippen molar-refractivity contribution in [2.24, 2.45) is 0 Å². The first-order chi connectivity index (χ1) is 9.49. The van der Waals surface area contributed by atoms with E-state index in [0.29, 0.717) is 4.90 Å². The third-order valence-corrected chi connectivity index (χ3v) is 4.54. The van der Waals surface area contributed by atoms with Gasteiger partial charge >= 0.3 is 0 Å². The van der Waals surface area contributed by atoms with E-state index in [1.807, 2.05) is 13.0 Å². The molecule has 2 aromatic rings. The summed E-state index contributed by atoms with van der Waals surface area (Å²) in [6, 6.07) is 8.61. The third kappa shape index (κ3) is 3.94. The summed E-state index contributed by atoms with van der Waals surface area (Å²) in [5.74, 6) is 0.776. The molecular weight excluding hydrogens is 294 g/mol. The van der Waals surface area contributed by atoms with Crippen molar-refractivity contribution in [3.05, 3.63) is 36.7 Å². The van der Waals surface area contributed by atoms with Crippen molar-refractivity contribution in [2.75, 3.05) is 18.1 Å². The van der Waals surface area contributed by atoms with E-state index in [1.54, 1.807) is 24.3 Å². The summed E-state index contributed by atoms with van der Waals surface area (Å²) in [5.41, 5.74) is 0. The largest absolute Gasteiger partial charge is 0.370 e. The van der Waals surface area contributed by atoms with E-state index in [0.717, 1.165) is 22.3 Å². The van der Waals surface area contributed by atoms with Gasteiger partial charge in [-0.3, -0.25) is 0 Å². The molecule has 0 saturated carbocycles. The van der Waals surface area contributed by atoms with Crippen LogP contribution in [0.25, 0.3) is 0 Å². The van der Waals surface area contributed by atoms with Gasteiger partial charge in [0.2, 0.25) is 0 Å². The number of hydrogen-bond donors (Lipinski definition) is 1. The molecule has 2 rings (SSSR count). The average Bonchev–Trinajstić information content (AvgIpc) is 2.39. The molecule has 0 fully saturated rings. The van der Waals surface area contributed by atoms with E-state index >= 15 is 0 Å². The number of sulfone groups is 1. The van der Waals surface area contributed by atoms with Crippen LogP contribution < -0.4 is 5.32 Å². The molecule has 0 unspecified atom stereocenters. The Labute approximate surface area is 122 Å². The molecule has 0 amide bonds. The standard InChI is InChI=1S/C13H15N3O2S2/c1-3-14-12-8-13(16-9-15-12)19-10-4-6-11(7-5-10)20(2,17)18/h4-9H,3H2,1-2H3,(H,14,15,16). The summed E-state index contributed by atoms with van der Waals surface area (Å²) in [5, 5.41) is 3.93. The van der Waals surface area contributed by atoms with E-state index in [1.165, 1.54) is 24.3 Å². The predicted molar refractivity (Wildman–Crippen MR) is 79.9 cm³/mol. The monoisotopic (exact) mass is 309 g/mol. The fourth-order valence-electron chi connectivity index (χ4n) is 1.55. The van der Waals surface area contributed by atoms with Crippen molar-refractivity contribution in [3.63, 3.8) is 0 Å². The minimum Gasteiger partial charge on any atom is -0.370 e. The molecule has 0 radical (unpaired) electrons. The van der Waals surface area contributed by atoms with Crippen LogP contribution >= 0.6 is 11.8 Å². The lowest BCUT2D eigenvalue weighted by molar-refractivity contribution is 0.602. The molecule has 0 spiro atoms. The van der Waals surface area contributed by atoms with Gasteiger partial charge in [0.25, 0.3) is 0 Å². The average molecular weight is 309 g/mol. The molecule has 0 bridgehead atoms. The molecule has 5 nitrogen and oxygen atoms in total. The second kappa shape index (κ2) is 6.23. The lowest BCUT2D eigenvalue weighted by Crippen LogP contribution is -1.99. The molecule has 1 aromatic heterocycles. The minimum absolute atomic E-state index is 0.317. The SMILES string of the molecule is CCNc1cc(Sc2ccc(S(C)(=O)=O)cc2)ncn1. The molecule has 7 heteroatoms. The number of anilines is 1. The van der Waals surface area contributed by atoms with Crippen LogP contribution in [0.15, 0.2) is 51.5 Å². The van der Waals surface area contributed by atoms with Gasteiger partial charge in [0.1, 0.15) is 17.2 Å². The Morgan fingerprint density at radius 1 is 1.20 bits per heavy atom. The van der Waals surface area contributed by atoms with Crippen LogP contribution in [0.4, 0.5) is 5.82 Å². The highest BCUT2D eigenvalue weighted by Gasteiger charge is 2.07. The molecule has 0 atom stereocenters. The molecule has 1 aromatic carbocycles. The van der Waals surface area contributed by atoms with E-state index in [2.05, 4.69) is 15.3 Å². The van der Waals surface area contributed by atoms with Crippen molar-refractivity contribution < 1.29 is 8.42 Å². The molecular formula is C13H15N3O2S2. The van der Waals surface area contributed by atoms with Crippen LogP contribution in [0.3, 0.4) is 0 Å². The van der Waals surface area contributed by atoms with Crippen molar-refractivity contribution >= 4 is 27.4 Å². The van der Waals surface area contributed by atoms with E-state index in [9.17, 15) is 8.42 Å². The van der Waals surface area contributed by atoms with Gasteiger partial charge in [-0.25, -0.2) is 18.4 Å². The van der Waals surface area contributed by atoms with Crippen LogP contribution in [0.1, 0.15) is 6.92 Å². The van der Waals surface area contributed by atoms with Gasteiger partial charge in [0.05, 0.1) is 4.90 Å². The number of nitrogens with one attached hydrogen (secondary N) is 1. The number of aromatic nitrogens is 2. The third-order valence-electron chi connectivity index (χ3n) is 2.47. The topological polar surface area (TPSA) is 72.0 Å². The summed E-state index contributed by atoms with van der Waals surface area (Å²) < 4.78 is 22.8. The van der Waals surface area contributed by atoms with Gasteiger partial charge in [0.15, 0.2) is 9.84 Å².